The number of carbonyl (C=O) groups excluding carboxylic acids is 1. The van der Waals surface area contributed by atoms with Gasteiger partial charge in [0.15, 0.2) is 6.10 Å². The van der Waals surface area contributed by atoms with Crippen molar-refractivity contribution in [1.29, 1.82) is 0 Å². The molecule has 0 unspecified atom stereocenters. The molecule has 1 atom stereocenters. The van der Waals surface area contributed by atoms with E-state index in [9.17, 15) is 4.79 Å². The fraction of sp³-hybridized carbons (Fsp3) is 0.100. The Morgan fingerprint density at radius 1 is 1.15 bits per heavy atom. The molecule has 26 heavy (non-hydrogen) atoms. The van der Waals surface area contributed by atoms with Crippen LogP contribution in [0.3, 0.4) is 0 Å². The molecule has 0 radical (unpaired) electrons. The van der Waals surface area contributed by atoms with Gasteiger partial charge in [0.25, 0.3) is 0 Å². The van der Waals surface area contributed by atoms with Gasteiger partial charge in [-0.2, -0.15) is 0 Å². The maximum atomic E-state index is 11.5. The lowest BCUT2D eigenvalue weighted by Crippen LogP contribution is -2.20. The lowest BCUT2D eigenvalue weighted by atomic mass is 10.0. The van der Waals surface area contributed by atoms with Crippen molar-refractivity contribution in [2.45, 2.75) is 12.5 Å². The maximum absolute atomic E-state index is 11.5. The van der Waals surface area contributed by atoms with Gasteiger partial charge in [-0.05, 0) is 29.8 Å². The van der Waals surface area contributed by atoms with Crippen molar-refractivity contribution in [2.24, 2.45) is 5.73 Å². The van der Waals surface area contributed by atoms with Gasteiger partial charge in [-0.1, -0.05) is 46.3 Å². The van der Waals surface area contributed by atoms with Gasteiger partial charge in [-0.15, -0.1) is 0 Å². The van der Waals surface area contributed by atoms with Gasteiger partial charge >= 0.3 is 6.09 Å². The minimum Gasteiger partial charge on any atom is -0.439 e. The van der Waals surface area contributed by atoms with Crippen molar-refractivity contribution in [3.63, 3.8) is 0 Å². The van der Waals surface area contributed by atoms with Gasteiger partial charge in [0.2, 0.25) is 0 Å². The zero-order valence-corrected chi connectivity index (χ0v) is 15.4. The molecule has 4 rings (SSSR count). The number of benzene rings is 2. The largest absolute Gasteiger partial charge is 0.439 e. The van der Waals surface area contributed by atoms with E-state index < -0.39 is 12.2 Å². The predicted molar refractivity (Wildman–Crippen MR) is 105 cm³/mol. The van der Waals surface area contributed by atoms with E-state index in [1.165, 1.54) is 0 Å². The number of amides is 1. The second-order valence-corrected chi connectivity index (χ2v) is 6.96. The molecular weight excluding hydrogens is 394 g/mol. The fourth-order valence-corrected chi connectivity index (χ4v) is 3.58. The van der Waals surface area contributed by atoms with Crippen molar-refractivity contribution in [3.05, 3.63) is 76.5 Å². The summed E-state index contributed by atoms with van der Waals surface area (Å²) < 4.78 is 6.41. The second kappa shape index (κ2) is 6.80. The zero-order valence-electron chi connectivity index (χ0n) is 13.8. The number of fused-ring (bicyclic) bond motifs is 3. The van der Waals surface area contributed by atoms with Crippen LogP contribution in [0.4, 0.5) is 4.79 Å². The number of hydrogen-bond acceptors (Lipinski definition) is 3. The lowest BCUT2D eigenvalue weighted by molar-refractivity contribution is 0.105. The highest BCUT2D eigenvalue weighted by Gasteiger charge is 2.22. The van der Waals surface area contributed by atoms with E-state index in [-0.39, 0.29) is 0 Å². The number of aromatic nitrogens is 2. The lowest BCUT2D eigenvalue weighted by Gasteiger charge is -2.17. The summed E-state index contributed by atoms with van der Waals surface area (Å²) in [7, 11) is 0. The van der Waals surface area contributed by atoms with Crippen LogP contribution in [0, 0.1) is 0 Å². The average molecular weight is 410 g/mol. The van der Waals surface area contributed by atoms with Crippen LogP contribution >= 0.6 is 15.9 Å². The standard InChI is InChI=1S/C20H16BrN3O2/c21-13-6-7-16-15(11-13)14-8-9-23-19(18(14)24-16)17(26-20(22)25)10-12-4-2-1-3-5-12/h1-9,11,17,24H,10H2,(H2,22,25)/t17-/m1/s1. The summed E-state index contributed by atoms with van der Waals surface area (Å²) in [4.78, 5) is 19.4. The molecule has 0 saturated carbocycles. The van der Waals surface area contributed by atoms with Crippen molar-refractivity contribution < 1.29 is 9.53 Å². The molecule has 0 fully saturated rings. The SMILES string of the molecule is NC(=O)O[C@H](Cc1ccccc1)c1nccc2c1[nH]c1ccc(Br)cc12. The van der Waals surface area contributed by atoms with Gasteiger partial charge in [-0.3, -0.25) is 4.98 Å². The molecule has 2 heterocycles. The van der Waals surface area contributed by atoms with E-state index in [1.807, 2.05) is 48.5 Å². The van der Waals surface area contributed by atoms with Crippen LogP contribution in [0.2, 0.25) is 0 Å². The average Bonchev–Trinajstić information content (AvgIpc) is 2.99. The maximum Gasteiger partial charge on any atom is 0.405 e. The van der Waals surface area contributed by atoms with Crippen LogP contribution < -0.4 is 5.73 Å². The molecule has 5 nitrogen and oxygen atoms in total. The van der Waals surface area contributed by atoms with Crippen LogP contribution in [-0.4, -0.2) is 16.1 Å². The molecule has 4 aromatic rings. The van der Waals surface area contributed by atoms with Gasteiger partial charge in [-0.25, -0.2) is 4.79 Å². The Bertz CT molecular complexity index is 1090. The molecule has 3 N–H and O–H groups in total. The number of ether oxygens (including phenoxy) is 1. The number of pyridine rings is 1. The van der Waals surface area contributed by atoms with Crippen LogP contribution in [0.15, 0.2) is 65.3 Å². The monoisotopic (exact) mass is 409 g/mol. The number of nitrogens with zero attached hydrogens (tertiary/aromatic N) is 1. The number of nitrogens with two attached hydrogens (primary N) is 1. The van der Waals surface area contributed by atoms with Crippen molar-refractivity contribution in [3.8, 4) is 0 Å². The Morgan fingerprint density at radius 3 is 2.73 bits per heavy atom. The Labute approximate surface area is 158 Å². The molecule has 2 aromatic heterocycles. The van der Waals surface area contributed by atoms with Crippen LogP contribution in [-0.2, 0) is 11.2 Å². The highest BCUT2D eigenvalue weighted by molar-refractivity contribution is 9.10. The van der Waals surface area contributed by atoms with E-state index in [2.05, 4.69) is 32.0 Å². The molecule has 0 saturated heterocycles. The Balaban J connectivity index is 1.85. The van der Waals surface area contributed by atoms with Crippen molar-refractivity contribution in [1.82, 2.24) is 9.97 Å². The molecule has 0 spiro atoms. The summed E-state index contributed by atoms with van der Waals surface area (Å²) in [5, 5.41) is 2.10. The number of halogens is 1. The summed E-state index contributed by atoms with van der Waals surface area (Å²) in [5.74, 6) is 0. The van der Waals surface area contributed by atoms with Gasteiger partial charge in [0.05, 0.1) is 5.52 Å². The number of hydrogen-bond donors (Lipinski definition) is 2. The van der Waals surface area contributed by atoms with Crippen LogP contribution in [0.5, 0.6) is 0 Å². The summed E-state index contributed by atoms with van der Waals surface area (Å²) in [6, 6.07) is 17.8. The third-order valence-electron chi connectivity index (χ3n) is 4.34. The minimum atomic E-state index is -0.816. The number of H-pyrrole nitrogens is 1. The van der Waals surface area contributed by atoms with Crippen LogP contribution in [0.25, 0.3) is 21.8 Å². The van der Waals surface area contributed by atoms with E-state index in [0.29, 0.717) is 12.1 Å². The van der Waals surface area contributed by atoms with E-state index >= 15 is 0 Å². The first-order valence-corrected chi connectivity index (χ1v) is 8.97. The first kappa shape index (κ1) is 16.6. The second-order valence-electron chi connectivity index (χ2n) is 6.05. The summed E-state index contributed by atoms with van der Waals surface area (Å²) in [6.07, 6.45) is 0.835. The van der Waals surface area contributed by atoms with Gasteiger partial charge in [0, 0.05) is 33.4 Å². The third-order valence-corrected chi connectivity index (χ3v) is 4.83. The van der Waals surface area contributed by atoms with E-state index in [0.717, 1.165) is 31.8 Å². The molecule has 6 heteroatoms. The summed E-state index contributed by atoms with van der Waals surface area (Å²) in [6.45, 7) is 0. The zero-order chi connectivity index (χ0) is 18.1. The van der Waals surface area contributed by atoms with E-state index in [1.54, 1.807) is 6.20 Å². The first-order chi connectivity index (χ1) is 12.6. The topological polar surface area (TPSA) is 81.0 Å². The Kier molecular flexibility index (Phi) is 4.34. The van der Waals surface area contributed by atoms with E-state index in [4.69, 9.17) is 10.5 Å². The fourth-order valence-electron chi connectivity index (χ4n) is 3.22. The molecule has 0 bridgehead atoms. The molecule has 0 aliphatic carbocycles. The molecule has 1 amide bonds. The quantitative estimate of drug-likeness (QED) is 0.504. The minimum absolute atomic E-state index is 0.495. The molecular formula is C20H16BrN3O2. The normalized spacial score (nSPS) is 12.3. The van der Waals surface area contributed by atoms with Gasteiger partial charge < -0.3 is 15.5 Å². The number of aromatic amines is 1. The summed E-state index contributed by atoms with van der Waals surface area (Å²) in [5.41, 5.74) is 8.87. The van der Waals surface area contributed by atoms with Crippen molar-refractivity contribution >= 4 is 43.8 Å². The number of nitrogens with one attached hydrogen (secondary N) is 1. The van der Waals surface area contributed by atoms with Crippen molar-refractivity contribution in [2.75, 3.05) is 0 Å². The molecule has 0 aliphatic rings. The Hall–Kier alpha value is -2.86. The predicted octanol–water partition coefficient (Wildman–Crippen LogP) is 4.86. The molecule has 130 valence electrons. The number of rotatable bonds is 4. The highest BCUT2D eigenvalue weighted by Crippen LogP contribution is 2.33. The van der Waals surface area contributed by atoms with Crippen LogP contribution in [0.1, 0.15) is 17.4 Å². The van der Waals surface area contributed by atoms with Gasteiger partial charge in [0.1, 0.15) is 5.69 Å². The molecule has 2 aromatic carbocycles. The summed E-state index contributed by atoms with van der Waals surface area (Å²) >= 11 is 3.51. The number of primary amides is 1. The number of carbonyl (C=O) groups is 1. The molecule has 0 aliphatic heterocycles. The smallest absolute Gasteiger partial charge is 0.405 e. The Morgan fingerprint density at radius 2 is 1.96 bits per heavy atom. The first-order valence-electron chi connectivity index (χ1n) is 8.17. The third kappa shape index (κ3) is 3.15. The highest BCUT2D eigenvalue weighted by atomic mass is 79.9.